The zero-order chi connectivity index (χ0) is 18.7. The van der Waals surface area contributed by atoms with Gasteiger partial charge in [0.05, 0.1) is 5.57 Å². The molecule has 1 aliphatic carbocycles. The smallest absolute Gasteiger partial charge is 0.298 e. The van der Waals surface area contributed by atoms with Crippen LogP contribution in [0.3, 0.4) is 0 Å². The van der Waals surface area contributed by atoms with E-state index in [9.17, 15) is 9.59 Å². The van der Waals surface area contributed by atoms with Gasteiger partial charge >= 0.3 is 0 Å². The molecule has 0 amide bonds. The van der Waals surface area contributed by atoms with Crippen molar-refractivity contribution in [1.29, 1.82) is 0 Å². The molecule has 0 N–H and O–H groups in total. The van der Waals surface area contributed by atoms with Gasteiger partial charge in [0.15, 0.2) is 5.78 Å². The molecule has 0 unspecified atom stereocenters. The zero-order valence-corrected chi connectivity index (χ0v) is 16.0. The highest BCUT2D eigenvalue weighted by Gasteiger charge is 2.43. The predicted molar refractivity (Wildman–Crippen MR) is 101 cm³/mol. The lowest BCUT2D eigenvalue weighted by atomic mass is 9.67. The van der Waals surface area contributed by atoms with E-state index in [1.165, 1.54) is 5.56 Å². The van der Waals surface area contributed by atoms with Gasteiger partial charge in [-0.15, -0.1) is 0 Å². The van der Waals surface area contributed by atoms with Crippen molar-refractivity contribution in [3.8, 4) is 0 Å². The second-order valence-corrected chi connectivity index (χ2v) is 7.57. The third-order valence-corrected chi connectivity index (χ3v) is 5.83. The van der Waals surface area contributed by atoms with Crippen molar-refractivity contribution in [3.63, 3.8) is 0 Å². The number of Topliss-reactive ketones (excluding diaryl/α,β-unsaturated/α-hetero) is 1. The van der Waals surface area contributed by atoms with E-state index in [0.29, 0.717) is 43.9 Å². The molecule has 0 aromatic heterocycles. The minimum Gasteiger partial charge on any atom is -0.432 e. The zero-order valence-electron chi connectivity index (χ0n) is 16.0. The summed E-state index contributed by atoms with van der Waals surface area (Å²) < 4.78 is 10.9. The Bertz CT molecular complexity index is 714. The largest absolute Gasteiger partial charge is 0.432 e. The Morgan fingerprint density at radius 3 is 2.27 bits per heavy atom. The fraction of sp³-hybridized carbons (Fsp3) is 0.545. The first kappa shape index (κ1) is 18.8. The number of hydrogen-bond acceptors (Lipinski definition) is 4. The number of ether oxygens (including phenoxy) is 2. The van der Waals surface area contributed by atoms with Crippen molar-refractivity contribution in [1.82, 2.24) is 0 Å². The van der Waals surface area contributed by atoms with Crippen molar-refractivity contribution < 1.29 is 19.1 Å². The van der Waals surface area contributed by atoms with Crippen LogP contribution in [-0.2, 0) is 31.9 Å². The molecule has 1 aliphatic heterocycles. The van der Waals surface area contributed by atoms with Gasteiger partial charge < -0.3 is 9.47 Å². The number of benzene rings is 1. The molecule has 0 atom stereocenters. The summed E-state index contributed by atoms with van der Waals surface area (Å²) in [6, 6.07) is 4.29. The number of rotatable bonds is 5. The van der Waals surface area contributed by atoms with Crippen molar-refractivity contribution in [2.24, 2.45) is 5.41 Å². The summed E-state index contributed by atoms with van der Waals surface area (Å²) in [5.74, 6) is 0.648. The summed E-state index contributed by atoms with van der Waals surface area (Å²) >= 11 is 0. The second-order valence-electron chi connectivity index (χ2n) is 7.57. The summed E-state index contributed by atoms with van der Waals surface area (Å²) in [6.07, 6.45) is 4.51. The van der Waals surface area contributed by atoms with Crippen LogP contribution in [0.2, 0.25) is 0 Å². The maximum atomic E-state index is 13.3. The molecule has 1 saturated heterocycles. The van der Waals surface area contributed by atoms with Gasteiger partial charge in [0.25, 0.3) is 6.47 Å². The molecule has 3 rings (SSSR count). The van der Waals surface area contributed by atoms with E-state index < -0.39 is 0 Å². The minimum atomic E-state index is -0.124. The average molecular weight is 356 g/mol. The first-order valence-electron chi connectivity index (χ1n) is 9.60. The summed E-state index contributed by atoms with van der Waals surface area (Å²) in [7, 11) is 0. The van der Waals surface area contributed by atoms with Crippen LogP contribution in [0.15, 0.2) is 17.9 Å². The van der Waals surface area contributed by atoms with E-state index >= 15 is 0 Å². The topological polar surface area (TPSA) is 52.6 Å². The number of aryl methyl sites for hydroxylation is 3. The van der Waals surface area contributed by atoms with Gasteiger partial charge in [-0.1, -0.05) is 31.5 Å². The van der Waals surface area contributed by atoms with Gasteiger partial charge in [0.1, 0.15) is 5.76 Å². The number of hydrogen-bond donors (Lipinski definition) is 0. The van der Waals surface area contributed by atoms with Crippen LogP contribution in [0, 0.1) is 12.3 Å². The standard InChI is InChI=1S/C22H28O4/c1-4-16-10-15(3)11-17(5-2)20(16)21-18(24)12-22(6-8-25-9-7-22)13-19(21)26-14-23/h10-11,14H,4-9,12-13H2,1-3H3. The molecule has 2 aliphatic rings. The molecule has 4 nitrogen and oxygen atoms in total. The van der Waals surface area contributed by atoms with Crippen LogP contribution >= 0.6 is 0 Å². The molecular formula is C22H28O4. The summed E-state index contributed by atoms with van der Waals surface area (Å²) in [6.45, 7) is 8.09. The number of carbonyl (C=O) groups is 2. The predicted octanol–water partition coefficient (Wildman–Crippen LogP) is 4.16. The monoisotopic (exact) mass is 356 g/mol. The fourth-order valence-electron chi connectivity index (χ4n) is 4.49. The molecule has 0 bridgehead atoms. The lowest BCUT2D eigenvalue weighted by Gasteiger charge is -2.40. The lowest BCUT2D eigenvalue weighted by Crippen LogP contribution is -2.36. The fourth-order valence-corrected chi connectivity index (χ4v) is 4.49. The quantitative estimate of drug-likeness (QED) is 0.743. The summed E-state index contributed by atoms with van der Waals surface area (Å²) in [4.78, 5) is 24.5. The first-order valence-corrected chi connectivity index (χ1v) is 9.60. The highest BCUT2D eigenvalue weighted by Crippen LogP contribution is 2.48. The molecule has 1 aromatic rings. The molecule has 0 radical (unpaired) electrons. The third kappa shape index (κ3) is 3.48. The van der Waals surface area contributed by atoms with Crippen molar-refractivity contribution in [2.45, 2.75) is 59.3 Å². The van der Waals surface area contributed by atoms with Crippen molar-refractivity contribution >= 4 is 17.8 Å². The van der Waals surface area contributed by atoms with Crippen LogP contribution in [0.25, 0.3) is 5.57 Å². The second kappa shape index (κ2) is 7.75. The number of ketones is 1. The lowest BCUT2D eigenvalue weighted by molar-refractivity contribution is -0.127. The van der Waals surface area contributed by atoms with Crippen LogP contribution in [-0.4, -0.2) is 25.5 Å². The van der Waals surface area contributed by atoms with Gasteiger partial charge in [-0.25, -0.2) is 0 Å². The Kier molecular flexibility index (Phi) is 5.61. The molecule has 1 fully saturated rings. The summed E-state index contributed by atoms with van der Waals surface area (Å²) in [5, 5.41) is 0. The Balaban J connectivity index is 2.16. The number of carbonyl (C=O) groups excluding carboxylic acids is 2. The van der Waals surface area contributed by atoms with E-state index in [-0.39, 0.29) is 11.2 Å². The van der Waals surface area contributed by atoms with Gasteiger partial charge in [-0.3, -0.25) is 9.59 Å². The Hall–Kier alpha value is -1.94. The molecule has 1 aromatic carbocycles. The van der Waals surface area contributed by atoms with E-state index in [1.807, 2.05) is 0 Å². The maximum Gasteiger partial charge on any atom is 0.298 e. The van der Waals surface area contributed by atoms with E-state index in [4.69, 9.17) is 9.47 Å². The van der Waals surface area contributed by atoms with Crippen LogP contribution < -0.4 is 0 Å². The van der Waals surface area contributed by atoms with E-state index in [0.717, 1.165) is 42.4 Å². The highest BCUT2D eigenvalue weighted by molar-refractivity contribution is 6.23. The Labute approximate surface area is 155 Å². The van der Waals surface area contributed by atoms with Gasteiger partial charge in [-0.05, 0) is 54.7 Å². The highest BCUT2D eigenvalue weighted by atomic mass is 16.5. The van der Waals surface area contributed by atoms with Crippen LogP contribution in [0.5, 0.6) is 0 Å². The first-order chi connectivity index (χ1) is 12.5. The van der Waals surface area contributed by atoms with Crippen LogP contribution in [0.1, 0.15) is 61.8 Å². The molecular weight excluding hydrogens is 328 g/mol. The molecule has 1 spiro atoms. The molecule has 26 heavy (non-hydrogen) atoms. The Morgan fingerprint density at radius 1 is 1.12 bits per heavy atom. The van der Waals surface area contributed by atoms with Crippen molar-refractivity contribution in [3.05, 3.63) is 40.1 Å². The van der Waals surface area contributed by atoms with E-state index in [1.54, 1.807) is 0 Å². The SMILES string of the molecule is CCc1cc(C)cc(CC)c1C1=C(OC=O)CC2(CCOCC2)CC1=O. The third-order valence-electron chi connectivity index (χ3n) is 5.83. The van der Waals surface area contributed by atoms with Gasteiger partial charge in [-0.2, -0.15) is 0 Å². The molecule has 1 heterocycles. The molecule has 4 heteroatoms. The number of allylic oxidation sites excluding steroid dienone is 2. The average Bonchev–Trinajstić information content (AvgIpc) is 2.62. The minimum absolute atomic E-state index is 0.100. The molecule has 0 saturated carbocycles. The molecule has 140 valence electrons. The van der Waals surface area contributed by atoms with Gasteiger partial charge in [0.2, 0.25) is 0 Å². The van der Waals surface area contributed by atoms with E-state index in [2.05, 4.69) is 32.9 Å². The normalized spacial score (nSPS) is 19.7. The van der Waals surface area contributed by atoms with Gasteiger partial charge in [0, 0.05) is 26.1 Å². The maximum absolute atomic E-state index is 13.3. The van der Waals surface area contributed by atoms with Crippen molar-refractivity contribution in [2.75, 3.05) is 13.2 Å². The Morgan fingerprint density at radius 2 is 1.73 bits per heavy atom. The summed E-state index contributed by atoms with van der Waals surface area (Å²) in [5.41, 5.74) is 5.00. The van der Waals surface area contributed by atoms with Crippen LogP contribution in [0.4, 0.5) is 0 Å².